The minimum absolute atomic E-state index is 0.0340. The number of carbonyl (C=O) groups excluding carboxylic acids is 4. The van der Waals surface area contributed by atoms with E-state index in [1.807, 2.05) is 25.3 Å². The summed E-state index contributed by atoms with van der Waals surface area (Å²) in [6.45, 7) is 7.95. The third kappa shape index (κ3) is 9.87. The fourth-order valence-electron chi connectivity index (χ4n) is 2.53. The monoisotopic (exact) mass is 451 g/mol. The Morgan fingerprint density at radius 2 is 1.74 bits per heavy atom. The Morgan fingerprint density at radius 3 is 2.29 bits per heavy atom. The molecule has 172 valence electrons. The van der Waals surface area contributed by atoms with Crippen molar-refractivity contribution in [2.24, 2.45) is 0 Å². The lowest BCUT2D eigenvalue weighted by molar-refractivity contribution is -0.150. The molecule has 0 radical (unpaired) electrons. The number of amides is 4. The average Bonchev–Trinajstić information content (AvgIpc) is 2.72. The van der Waals surface area contributed by atoms with Crippen LogP contribution in [0.4, 0.5) is 4.79 Å². The Labute approximate surface area is 188 Å². The Hall–Kier alpha value is -2.55. The molecule has 0 aliphatic carbocycles. The van der Waals surface area contributed by atoms with Crippen LogP contribution in [0.25, 0.3) is 0 Å². The Morgan fingerprint density at radius 1 is 1.10 bits per heavy atom. The SMILES string of the molecule is CCCNC(=O)NC(=O)COC(=O)C(CCSC)NC(=O)c1ccc(C(C)(C)C)cc1. The molecule has 8 nitrogen and oxygen atoms in total. The molecule has 0 aliphatic rings. The molecule has 0 aliphatic heterocycles. The first-order valence-corrected chi connectivity index (χ1v) is 11.6. The molecule has 0 bridgehead atoms. The number of nitrogens with one attached hydrogen (secondary N) is 3. The van der Waals surface area contributed by atoms with Crippen LogP contribution >= 0.6 is 11.8 Å². The average molecular weight is 452 g/mol. The molecule has 0 saturated heterocycles. The van der Waals surface area contributed by atoms with Crippen molar-refractivity contribution in [2.75, 3.05) is 25.2 Å². The van der Waals surface area contributed by atoms with Gasteiger partial charge in [0.05, 0.1) is 0 Å². The van der Waals surface area contributed by atoms with E-state index in [9.17, 15) is 19.2 Å². The van der Waals surface area contributed by atoms with Gasteiger partial charge in [-0.3, -0.25) is 14.9 Å². The van der Waals surface area contributed by atoms with Crippen LogP contribution in [-0.2, 0) is 19.7 Å². The Bertz CT molecular complexity index is 759. The van der Waals surface area contributed by atoms with Crippen LogP contribution in [0.1, 0.15) is 56.5 Å². The van der Waals surface area contributed by atoms with Crippen LogP contribution in [0.2, 0.25) is 0 Å². The molecule has 31 heavy (non-hydrogen) atoms. The van der Waals surface area contributed by atoms with Gasteiger partial charge in [0.15, 0.2) is 6.61 Å². The maximum atomic E-state index is 12.6. The van der Waals surface area contributed by atoms with Crippen molar-refractivity contribution in [3.63, 3.8) is 0 Å². The van der Waals surface area contributed by atoms with Gasteiger partial charge in [0.25, 0.3) is 11.8 Å². The second-order valence-electron chi connectivity index (χ2n) is 8.05. The third-order valence-electron chi connectivity index (χ3n) is 4.35. The number of ether oxygens (including phenoxy) is 1. The van der Waals surface area contributed by atoms with E-state index in [4.69, 9.17) is 4.74 Å². The molecule has 0 saturated carbocycles. The van der Waals surface area contributed by atoms with E-state index in [0.717, 1.165) is 12.0 Å². The number of esters is 1. The highest BCUT2D eigenvalue weighted by molar-refractivity contribution is 7.98. The Balaban J connectivity index is 2.68. The predicted molar refractivity (Wildman–Crippen MR) is 122 cm³/mol. The van der Waals surface area contributed by atoms with Crippen molar-refractivity contribution < 1.29 is 23.9 Å². The van der Waals surface area contributed by atoms with Crippen LogP contribution in [0.5, 0.6) is 0 Å². The standard InChI is InChI=1S/C22H33N3O5S/c1-6-12-23-21(29)25-18(26)14-30-20(28)17(11-13-31-5)24-19(27)15-7-9-16(10-8-15)22(2,3)4/h7-10,17H,6,11-14H2,1-5H3,(H,24,27)(H2,23,25,26,29). The summed E-state index contributed by atoms with van der Waals surface area (Å²) in [7, 11) is 0. The molecule has 1 atom stereocenters. The number of urea groups is 1. The van der Waals surface area contributed by atoms with E-state index in [0.29, 0.717) is 24.3 Å². The largest absolute Gasteiger partial charge is 0.454 e. The van der Waals surface area contributed by atoms with Gasteiger partial charge in [0.2, 0.25) is 0 Å². The number of thioether (sulfide) groups is 1. The molecule has 4 amide bonds. The van der Waals surface area contributed by atoms with Crippen LogP contribution in [0.15, 0.2) is 24.3 Å². The van der Waals surface area contributed by atoms with Crippen molar-refractivity contribution in [1.29, 1.82) is 0 Å². The zero-order valence-corrected chi connectivity index (χ0v) is 19.7. The van der Waals surface area contributed by atoms with E-state index >= 15 is 0 Å². The molecule has 0 heterocycles. The fourth-order valence-corrected chi connectivity index (χ4v) is 3.00. The molecule has 3 N–H and O–H groups in total. The maximum absolute atomic E-state index is 12.6. The van der Waals surface area contributed by atoms with Crippen LogP contribution in [-0.4, -0.2) is 55.0 Å². The highest BCUT2D eigenvalue weighted by Gasteiger charge is 2.24. The highest BCUT2D eigenvalue weighted by atomic mass is 32.2. The summed E-state index contributed by atoms with van der Waals surface area (Å²) in [4.78, 5) is 48.3. The van der Waals surface area contributed by atoms with E-state index in [1.54, 1.807) is 12.1 Å². The minimum atomic E-state index is -0.899. The molecule has 9 heteroatoms. The van der Waals surface area contributed by atoms with Crippen molar-refractivity contribution >= 4 is 35.6 Å². The van der Waals surface area contributed by atoms with Crippen molar-refractivity contribution in [3.8, 4) is 0 Å². The molecular weight excluding hydrogens is 418 g/mol. The quantitative estimate of drug-likeness (QED) is 0.471. The summed E-state index contributed by atoms with van der Waals surface area (Å²) in [6.07, 6.45) is 2.97. The number of carbonyl (C=O) groups is 4. The molecule has 0 fully saturated rings. The maximum Gasteiger partial charge on any atom is 0.329 e. The zero-order valence-electron chi connectivity index (χ0n) is 18.9. The highest BCUT2D eigenvalue weighted by Crippen LogP contribution is 2.22. The summed E-state index contributed by atoms with van der Waals surface area (Å²) >= 11 is 1.52. The summed E-state index contributed by atoms with van der Waals surface area (Å²) in [6, 6.07) is 5.67. The van der Waals surface area contributed by atoms with Crippen LogP contribution < -0.4 is 16.0 Å². The van der Waals surface area contributed by atoms with Crippen LogP contribution in [0.3, 0.4) is 0 Å². The lowest BCUT2D eigenvalue weighted by Gasteiger charge is -2.20. The van der Waals surface area contributed by atoms with Crippen molar-refractivity contribution in [1.82, 2.24) is 16.0 Å². The number of imide groups is 1. The van der Waals surface area contributed by atoms with Crippen LogP contribution in [0, 0.1) is 0 Å². The van der Waals surface area contributed by atoms with Crippen molar-refractivity contribution in [2.45, 2.75) is 52.0 Å². The van der Waals surface area contributed by atoms with E-state index < -0.39 is 36.5 Å². The van der Waals surface area contributed by atoms with Gasteiger partial charge >= 0.3 is 12.0 Å². The first-order chi connectivity index (χ1) is 14.6. The van der Waals surface area contributed by atoms with Gasteiger partial charge in [0, 0.05) is 12.1 Å². The first kappa shape index (κ1) is 26.5. The predicted octanol–water partition coefficient (Wildman–Crippen LogP) is 2.61. The number of hydrogen-bond acceptors (Lipinski definition) is 6. The Kier molecular flexibility index (Phi) is 11.1. The fraction of sp³-hybridized carbons (Fsp3) is 0.545. The summed E-state index contributed by atoms with van der Waals surface area (Å²) in [5.74, 6) is -1.24. The molecular formula is C22H33N3O5S. The normalized spacial score (nSPS) is 11.9. The lowest BCUT2D eigenvalue weighted by atomic mass is 9.86. The smallest absolute Gasteiger partial charge is 0.329 e. The molecule has 1 aromatic rings. The molecule has 0 aromatic heterocycles. The van der Waals surface area contributed by atoms with Gasteiger partial charge in [-0.1, -0.05) is 39.8 Å². The number of rotatable bonds is 10. The van der Waals surface area contributed by atoms with Crippen molar-refractivity contribution in [3.05, 3.63) is 35.4 Å². The van der Waals surface area contributed by atoms with Gasteiger partial charge in [0.1, 0.15) is 6.04 Å². The minimum Gasteiger partial charge on any atom is -0.454 e. The van der Waals surface area contributed by atoms with Gasteiger partial charge in [-0.25, -0.2) is 9.59 Å². The van der Waals surface area contributed by atoms with E-state index in [1.165, 1.54) is 11.8 Å². The first-order valence-electron chi connectivity index (χ1n) is 10.2. The molecule has 1 rings (SSSR count). The van der Waals surface area contributed by atoms with Gasteiger partial charge in [-0.05, 0) is 48.0 Å². The summed E-state index contributed by atoms with van der Waals surface area (Å²) < 4.78 is 5.01. The molecule has 1 aromatic carbocycles. The van der Waals surface area contributed by atoms with E-state index in [-0.39, 0.29) is 5.41 Å². The lowest BCUT2D eigenvalue weighted by Crippen LogP contribution is -2.45. The van der Waals surface area contributed by atoms with Gasteiger partial charge < -0.3 is 15.4 Å². The summed E-state index contributed by atoms with van der Waals surface area (Å²) in [5.41, 5.74) is 1.49. The summed E-state index contributed by atoms with van der Waals surface area (Å²) in [5, 5.41) is 7.25. The topological polar surface area (TPSA) is 114 Å². The second kappa shape index (κ2) is 13.0. The zero-order chi connectivity index (χ0) is 23.4. The van der Waals surface area contributed by atoms with Gasteiger partial charge in [-0.2, -0.15) is 11.8 Å². The van der Waals surface area contributed by atoms with E-state index in [2.05, 4.69) is 36.7 Å². The molecule has 0 spiro atoms. The number of benzene rings is 1. The number of hydrogen-bond donors (Lipinski definition) is 3. The third-order valence-corrected chi connectivity index (χ3v) is 4.99. The van der Waals surface area contributed by atoms with Gasteiger partial charge in [-0.15, -0.1) is 0 Å². The second-order valence-corrected chi connectivity index (χ2v) is 9.03. The molecule has 1 unspecified atom stereocenters.